The lowest BCUT2D eigenvalue weighted by Gasteiger charge is -2.36. The van der Waals surface area contributed by atoms with Crippen LogP contribution in [0.3, 0.4) is 0 Å². The van der Waals surface area contributed by atoms with Crippen molar-refractivity contribution in [2.45, 2.75) is 66.0 Å². The molecule has 1 heterocycles. The van der Waals surface area contributed by atoms with E-state index < -0.39 is 0 Å². The van der Waals surface area contributed by atoms with Crippen molar-refractivity contribution in [3.63, 3.8) is 0 Å². The average Bonchev–Trinajstić information content (AvgIpc) is 2.70. The number of hydrogen-bond acceptors (Lipinski definition) is 3. The second-order valence-electron chi connectivity index (χ2n) is 8.00. The number of unbranched alkanes of at least 4 members (excludes halogenated alkanes) is 2. The van der Waals surface area contributed by atoms with Crippen LogP contribution >= 0.6 is 0 Å². The quantitative estimate of drug-likeness (QED) is 0.555. The number of rotatable bonds is 6. The molecule has 1 atom stereocenters. The van der Waals surface area contributed by atoms with Gasteiger partial charge in [-0.15, -0.1) is 0 Å². The number of amides is 1. The van der Waals surface area contributed by atoms with Gasteiger partial charge in [0.05, 0.1) is 6.04 Å². The van der Waals surface area contributed by atoms with Crippen LogP contribution in [0.5, 0.6) is 5.75 Å². The Morgan fingerprint density at radius 2 is 1.86 bits per heavy atom. The topological polar surface area (TPSA) is 52.6 Å². The van der Waals surface area contributed by atoms with E-state index in [1.807, 2.05) is 26.8 Å². The first-order valence-corrected chi connectivity index (χ1v) is 10.3. The highest BCUT2D eigenvalue weighted by Crippen LogP contribution is 2.31. The average molecular weight is 381 g/mol. The first kappa shape index (κ1) is 20.4. The van der Waals surface area contributed by atoms with Gasteiger partial charge in [0.2, 0.25) is 5.91 Å². The lowest BCUT2D eigenvalue weighted by Crippen LogP contribution is -2.48. The summed E-state index contributed by atoms with van der Waals surface area (Å²) >= 11 is 0. The zero-order valence-electron chi connectivity index (χ0n) is 17.5. The number of phenols is 1. The molecule has 0 fully saturated rings. The summed E-state index contributed by atoms with van der Waals surface area (Å²) in [6.07, 6.45) is 4.20. The molecule has 1 aliphatic heterocycles. The van der Waals surface area contributed by atoms with Crippen LogP contribution in [-0.4, -0.2) is 28.5 Å². The van der Waals surface area contributed by atoms with E-state index >= 15 is 0 Å². The third-order valence-corrected chi connectivity index (χ3v) is 6.01. The number of nitrogens with one attached hydrogen (secondary N) is 1. The van der Waals surface area contributed by atoms with Crippen LogP contribution < -0.4 is 5.32 Å². The zero-order chi connectivity index (χ0) is 20.3. The maximum atomic E-state index is 13.3. The minimum atomic E-state index is -0.166. The van der Waals surface area contributed by atoms with Crippen molar-refractivity contribution in [3.05, 3.63) is 58.1 Å². The molecular formula is C24H32N2O2. The van der Waals surface area contributed by atoms with E-state index in [1.54, 1.807) is 0 Å². The molecule has 4 heteroatoms. The van der Waals surface area contributed by atoms with E-state index in [-0.39, 0.29) is 11.9 Å². The molecule has 2 aromatic carbocycles. The Morgan fingerprint density at radius 1 is 1.14 bits per heavy atom. The monoisotopic (exact) mass is 380 g/mol. The lowest BCUT2D eigenvalue weighted by atomic mass is 9.93. The number of anilines is 1. The van der Waals surface area contributed by atoms with Crippen molar-refractivity contribution >= 4 is 11.6 Å². The molecule has 2 N–H and O–H groups in total. The van der Waals surface area contributed by atoms with Gasteiger partial charge in [0.25, 0.3) is 0 Å². The summed E-state index contributed by atoms with van der Waals surface area (Å²) < 4.78 is 0. The number of hydrogen-bond donors (Lipinski definition) is 2. The number of benzene rings is 2. The minimum Gasteiger partial charge on any atom is -0.507 e. The molecular weight excluding hydrogens is 348 g/mol. The van der Waals surface area contributed by atoms with Gasteiger partial charge >= 0.3 is 0 Å². The third kappa shape index (κ3) is 4.22. The van der Waals surface area contributed by atoms with Crippen molar-refractivity contribution in [1.29, 1.82) is 0 Å². The fraction of sp³-hybridized carbons (Fsp3) is 0.458. The normalized spacial score (nSPS) is 16.6. The zero-order valence-corrected chi connectivity index (χ0v) is 17.5. The van der Waals surface area contributed by atoms with Crippen molar-refractivity contribution in [2.24, 2.45) is 0 Å². The fourth-order valence-electron chi connectivity index (χ4n) is 4.05. The Hall–Kier alpha value is -2.33. The number of carbonyl (C=O) groups excluding carboxylic acids is 1. The van der Waals surface area contributed by atoms with Gasteiger partial charge in [-0.2, -0.15) is 0 Å². The summed E-state index contributed by atoms with van der Waals surface area (Å²) in [5.41, 5.74) is 5.92. The van der Waals surface area contributed by atoms with E-state index in [9.17, 15) is 9.90 Å². The predicted molar refractivity (Wildman–Crippen MR) is 115 cm³/mol. The number of nitrogens with zero attached hydrogens (tertiary/aromatic N) is 1. The molecule has 2 aromatic rings. The SMILES string of the molecule is CCCCCN1Cc2ccccc2CC1C(=O)Nc1cc(C)c(O)c(C)c1C. The molecule has 0 saturated heterocycles. The van der Waals surface area contributed by atoms with Crippen molar-refractivity contribution in [2.75, 3.05) is 11.9 Å². The minimum absolute atomic E-state index is 0.0404. The first-order valence-electron chi connectivity index (χ1n) is 10.3. The van der Waals surface area contributed by atoms with Crippen molar-refractivity contribution in [1.82, 2.24) is 4.90 Å². The van der Waals surface area contributed by atoms with E-state index in [0.29, 0.717) is 5.75 Å². The van der Waals surface area contributed by atoms with Crippen LogP contribution in [0.15, 0.2) is 30.3 Å². The number of aryl methyl sites for hydroxylation is 1. The molecule has 1 unspecified atom stereocenters. The van der Waals surface area contributed by atoms with Gasteiger partial charge in [0.15, 0.2) is 0 Å². The van der Waals surface area contributed by atoms with E-state index in [1.165, 1.54) is 24.0 Å². The molecule has 0 aromatic heterocycles. The summed E-state index contributed by atoms with van der Waals surface area (Å²) in [4.78, 5) is 15.6. The van der Waals surface area contributed by atoms with E-state index in [4.69, 9.17) is 0 Å². The van der Waals surface area contributed by atoms with Gasteiger partial charge < -0.3 is 10.4 Å². The Bertz CT molecular complexity index is 860. The molecule has 150 valence electrons. The standard InChI is InChI=1S/C24H32N2O2/c1-5-6-9-12-26-15-20-11-8-7-10-19(20)14-22(26)24(28)25-21-13-16(2)23(27)18(4)17(21)3/h7-8,10-11,13,22,27H,5-6,9,12,14-15H2,1-4H3,(H,25,28). The van der Waals surface area contributed by atoms with Crippen LogP contribution in [0.2, 0.25) is 0 Å². The van der Waals surface area contributed by atoms with Crippen molar-refractivity contribution < 1.29 is 9.90 Å². The highest BCUT2D eigenvalue weighted by atomic mass is 16.3. The smallest absolute Gasteiger partial charge is 0.242 e. The maximum absolute atomic E-state index is 13.3. The molecule has 0 aliphatic carbocycles. The summed E-state index contributed by atoms with van der Waals surface area (Å²) in [7, 11) is 0. The van der Waals surface area contributed by atoms with Gasteiger partial charge in [-0.25, -0.2) is 0 Å². The fourth-order valence-corrected chi connectivity index (χ4v) is 4.05. The molecule has 0 spiro atoms. The Labute approximate surface area is 168 Å². The molecule has 0 saturated carbocycles. The third-order valence-electron chi connectivity index (χ3n) is 6.01. The Balaban J connectivity index is 1.83. The number of carbonyl (C=O) groups is 1. The molecule has 3 rings (SSSR count). The largest absolute Gasteiger partial charge is 0.507 e. The second kappa shape index (κ2) is 8.78. The molecule has 4 nitrogen and oxygen atoms in total. The van der Waals surface area contributed by atoms with Gasteiger partial charge in [-0.3, -0.25) is 9.69 Å². The second-order valence-corrected chi connectivity index (χ2v) is 8.00. The summed E-state index contributed by atoms with van der Waals surface area (Å²) in [5, 5.41) is 13.3. The molecule has 1 amide bonds. The Kier molecular flexibility index (Phi) is 6.40. The van der Waals surface area contributed by atoms with Crippen LogP contribution in [0.1, 0.15) is 54.0 Å². The van der Waals surface area contributed by atoms with Crippen LogP contribution in [0.4, 0.5) is 5.69 Å². The summed E-state index contributed by atoms with van der Waals surface area (Å²) in [6, 6.07) is 10.1. The predicted octanol–water partition coefficient (Wildman–Crippen LogP) is 4.87. The Morgan fingerprint density at radius 3 is 2.57 bits per heavy atom. The first-order chi connectivity index (χ1) is 13.4. The maximum Gasteiger partial charge on any atom is 0.242 e. The molecule has 28 heavy (non-hydrogen) atoms. The highest BCUT2D eigenvalue weighted by molar-refractivity contribution is 5.96. The van der Waals surface area contributed by atoms with E-state index in [2.05, 4.69) is 41.4 Å². The molecule has 0 bridgehead atoms. The van der Waals surface area contributed by atoms with E-state index in [0.717, 1.165) is 48.3 Å². The lowest BCUT2D eigenvalue weighted by molar-refractivity contribution is -0.121. The van der Waals surface area contributed by atoms with Crippen LogP contribution in [0.25, 0.3) is 0 Å². The van der Waals surface area contributed by atoms with Crippen LogP contribution in [-0.2, 0) is 17.8 Å². The molecule has 0 radical (unpaired) electrons. The summed E-state index contributed by atoms with van der Waals surface area (Å²) in [6.45, 7) is 9.66. The number of fused-ring (bicyclic) bond motifs is 1. The van der Waals surface area contributed by atoms with Crippen molar-refractivity contribution in [3.8, 4) is 5.75 Å². The van der Waals surface area contributed by atoms with Gasteiger partial charge in [0, 0.05) is 12.2 Å². The number of aromatic hydroxyl groups is 1. The van der Waals surface area contributed by atoms with Gasteiger partial charge in [0.1, 0.15) is 5.75 Å². The number of phenolic OH excluding ortho intramolecular Hbond substituents is 1. The van der Waals surface area contributed by atoms with Gasteiger partial charge in [-0.05, 0) is 74.0 Å². The molecule has 1 aliphatic rings. The van der Waals surface area contributed by atoms with Gasteiger partial charge in [-0.1, -0.05) is 44.0 Å². The summed E-state index contributed by atoms with van der Waals surface area (Å²) in [5.74, 6) is 0.349. The highest BCUT2D eigenvalue weighted by Gasteiger charge is 2.31. The van der Waals surface area contributed by atoms with Crippen LogP contribution in [0, 0.1) is 20.8 Å².